The first-order valence-electron chi connectivity index (χ1n) is 20.1. The van der Waals surface area contributed by atoms with Crippen LogP contribution < -0.4 is 19.6 Å². The quantitative estimate of drug-likeness (QED) is 0.176. The molecule has 4 aromatic rings. The van der Waals surface area contributed by atoms with Crippen molar-refractivity contribution in [1.29, 1.82) is 0 Å². The minimum absolute atomic E-state index is 0.0867. The predicted molar refractivity (Wildman–Crippen MR) is 237 cm³/mol. The van der Waals surface area contributed by atoms with E-state index < -0.39 is 9.05 Å². The van der Waals surface area contributed by atoms with Crippen molar-refractivity contribution in [1.82, 2.24) is 9.80 Å². The molecule has 2 fully saturated rings. The number of rotatable bonds is 7. The van der Waals surface area contributed by atoms with E-state index >= 15 is 0 Å². The summed E-state index contributed by atoms with van der Waals surface area (Å²) in [5.74, 6) is 0.358. The zero-order valence-electron chi connectivity index (χ0n) is 33.1. The van der Waals surface area contributed by atoms with E-state index in [1.165, 1.54) is 28.9 Å². The zero-order chi connectivity index (χ0) is 41.0. The number of fused-ring (bicyclic) bond motifs is 2. The maximum Gasteiger partial charge on any atom is 0.261 e. The van der Waals surface area contributed by atoms with Crippen LogP contribution in [0.25, 0.3) is 0 Å². The molecule has 0 aromatic heterocycles. The van der Waals surface area contributed by atoms with E-state index in [2.05, 4.69) is 49.9 Å². The normalized spacial score (nSPS) is 18.1. The number of carbonyl (C=O) groups is 2. The van der Waals surface area contributed by atoms with Gasteiger partial charge in [0, 0.05) is 109 Å². The van der Waals surface area contributed by atoms with Crippen LogP contribution in [0.3, 0.4) is 0 Å². The van der Waals surface area contributed by atoms with Gasteiger partial charge in [-0.15, -0.1) is 0 Å². The molecule has 0 N–H and O–H groups in total. The molecule has 14 heteroatoms. The maximum atomic E-state index is 13.2. The number of hydrogen-bond donors (Lipinski definition) is 0. The summed E-state index contributed by atoms with van der Waals surface area (Å²) in [5.41, 5.74) is 6.87. The minimum Gasteiger partial charge on any atom is -0.368 e. The van der Waals surface area contributed by atoms with Crippen LogP contribution in [0.15, 0.2) is 95.9 Å². The summed E-state index contributed by atoms with van der Waals surface area (Å²) in [5, 5.41) is 1.50. The second kappa shape index (κ2) is 18.4. The number of hydrogen-bond acceptors (Lipinski definition) is 8. The highest BCUT2D eigenvalue weighted by atomic mass is 35.7. The highest BCUT2D eigenvalue weighted by Crippen LogP contribution is 2.33. The summed E-state index contributed by atoms with van der Waals surface area (Å²) >= 11 is 12.3. The van der Waals surface area contributed by atoms with Gasteiger partial charge in [-0.1, -0.05) is 41.4 Å². The molecule has 10 nitrogen and oxygen atoms in total. The van der Waals surface area contributed by atoms with E-state index in [1.54, 1.807) is 12.1 Å². The van der Waals surface area contributed by atoms with Crippen LogP contribution in [0.4, 0.5) is 22.7 Å². The number of anilines is 4. The Labute approximate surface area is 357 Å². The van der Waals surface area contributed by atoms with Gasteiger partial charge in [-0.25, -0.2) is 8.42 Å². The van der Waals surface area contributed by atoms with Crippen LogP contribution >= 0.6 is 33.9 Å². The summed E-state index contributed by atoms with van der Waals surface area (Å²) in [6.45, 7) is 11.7. The Morgan fingerprint density at radius 3 is 1.38 bits per heavy atom. The molecule has 8 rings (SSSR count). The van der Waals surface area contributed by atoms with Crippen molar-refractivity contribution in [3.63, 3.8) is 0 Å². The molecule has 4 aliphatic heterocycles. The van der Waals surface area contributed by atoms with Crippen LogP contribution in [0.5, 0.6) is 0 Å². The lowest BCUT2D eigenvalue weighted by atomic mass is 10.00. The molecule has 0 saturated carbocycles. The molecule has 4 aromatic carbocycles. The average molecular weight is 866 g/mol. The van der Waals surface area contributed by atoms with Gasteiger partial charge in [-0.05, 0) is 123 Å². The van der Waals surface area contributed by atoms with E-state index in [0.717, 1.165) is 92.1 Å². The van der Waals surface area contributed by atoms with E-state index in [1.807, 2.05) is 60.0 Å². The van der Waals surface area contributed by atoms with Crippen molar-refractivity contribution in [3.8, 4) is 0 Å². The van der Waals surface area contributed by atoms with Gasteiger partial charge in [0.2, 0.25) is 11.8 Å². The molecule has 0 aliphatic carbocycles. The van der Waals surface area contributed by atoms with Gasteiger partial charge >= 0.3 is 0 Å². The van der Waals surface area contributed by atoms with E-state index in [4.69, 9.17) is 33.9 Å². The smallest absolute Gasteiger partial charge is 0.261 e. The summed E-state index contributed by atoms with van der Waals surface area (Å²) < 4.78 is 22.8. The molecule has 0 unspecified atom stereocenters. The Balaban J connectivity index is 0.000000178. The van der Waals surface area contributed by atoms with Crippen LogP contribution in [-0.2, 0) is 31.5 Å². The molecule has 308 valence electrons. The second-order valence-electron chi connectivity index (χ2n) is 15.4. The molecular formula is C44H51Cl3N6O4S. The molecule has 0 spiro atoms. The Morgan fingerprint density at radius 1 is 0.552 bits per heavy atom. The van der Waals surface area contributed by atoms with Crippen LogP contribution in [0, 0.1) is 0 Å². The van der Waals surface area contributed by atoms with Crippen molar-refractivity contribution >= 4 is 77.5 Å². The zero-order valence-corrected chi connectivity index (χ0v) is 36.2. The topological polar surface area (TPSA) is 87.7 Å². The highest BCUT2D eigenvalue weighted by Gasteiger charge is 2.33. The number of benzene rings is 4. The third-order valence-electron chi connectivity index (χ3n) is 11.8. The molecule has 2 amide bonds. The fourth-order valence-electron chi connectivity index (χ4n) is 8.62. The highest BCUT2D eigenvalue weighted by molar-refractivity contribution is 8.13. The molecule has 4 aliphatic rings. The maximum absolute atomic E-state index is 13.2. The molecule has 2 atom stereocenters. The Morgan fingerprint density at radius 2 is 0.966 bits per heavy atom. The van der Waals surface area contributed by atoms with Crippen LogP contribution in [-0.4, -0.2) is 108 Å². The molecule has 4 heterocycles. The molecular weight excluding hydrogens is 815 g/mol. The standard InChI is InChI=1S/C22H25Cl2N3O3S.C22H26ClN3O/c1-16(27-10-2-3-17-15-18(23)4-9-21(17)27)22(28)26-13-11-25(12-14-26)19-5-7-20(8-6-19)31(24,29)30;1-17(26-11-5-6-18-16-19(23)9-10-21(18)26)22(27)25-14-12-24(13-15-25)20-7-3-2-4-8-20/h4-9,15-16H,2-3,10-14H2,1H3;2-4,7-10,16-17H,5-6,11-15H2,1H3/t16-;17-/m11/s1. The Bertz CT molecular complexity index is 2180. The number of carbonyl (C=O) groups excluding carboxylic acids is 2. The van der Waals surface area contributed by atoms with Gasteiger partial charge < -0.3 is 29.4 Å². The lowest BCUT2D eigenvalue weighted by Crippen LogP contribution is -2.55. The average Bonchev–Trinajstić information content (AvgIpc) is 3.25. The first-order chi connectivity index (χ1) is 27.9. The Kier molecular flexibility index (Phi) is 13.3. The van der Waals surface area contributed by atoms with Gasteiger partial charge in [0.1, 0.15) is 12.1 Å². The third kappa shape index (κ3) is 9.65. The molecule has 2 saturated heterocycles. The number of nitrogens with zero attached hydrogens (tertiary/aromatic N) is 6. The molecule has 58 heavy (non-hydrogen) atoms. The van der Waals surface area contributed by atoms with Gasteiger partial charge in [-0.2, -0.15) is 0 Å². The summed E-state index contributed by atoms with van der Waals surface area (Å²) in [6, 6.07) is 28.5. The van der Waals surface area contributed by atoms with Gasteiger partial charge in [0.05, 0.1) is 4.90 Å². The summed E-state index contributed by atoms with van der Waals surface area (Å²) in [6.07, 6.45) is 4.08. The lowest BCUT2D eigenvalue weighted by molar-refractivity contribution is -0.133. The van der Waals surface area contributed by atoms with E-state index in [-0.39, 0.29) is 28.8 Å². The summed E-state index contributed by atoms with van der Waals surface area (Å²) in [7, 11) is 1.66. The molecule has 0 radical (unpaired) electrons. The minimum atomic E-state index is -3.73. The fourth-order valence-corrected chi connectivity index (χ4v) is 9.78. The van der Waals surface area contributed by atoms with E-state index in [9.17, 15) is 18.0 Å². The first kappa shape index (κ1) is 42.0. The van der Waals surface area contributed by atoms with Crippen LogP contribution in [0.1, 0.15) is 37.8 Å². The number of para-hydroxylation sites is 1. The fraction of sp³-hybridized carbons (Fsp3) is 0.409. The number of aryl methyl sites for hydroxylation is 2. The van der Waals surface area contributed by atoms with Crippen molar-refractivity contribution in [2.45, 2.75) is 56.5 Å². The van der Waals surface area contributed by atoms with Crippen molar-refractivity contribution in [2.24, 2.45) is 0 Å². The van der Waals surface area contributed by atoms with Gasteiger partial charge in [0.25, 0.3) is 9.05 Å². The first-order valence-corrected chi connectivity index (χ1v) is 23.2. The van der Waals surface area contributed by atoms with Gasteiger partial charge in [0.15, 0.2) is 0 Å². The number of piperazine rings is 2. The van der Waals surface area contributed by atoms with Crippen molar-refractivity contribution in [3.05, 3.63) is 112 Å². The third-order valence-corrected chi connectivity index (χ3v) is 13.7. The Hall–Kier alpha value is -4.16. The molecule has 0 bridgehead atoms. The number of halogens is 3. The second-order valence-corrected chi connectivity index (χ2v) is 18.8. The monoisotopic (exact) mass is 864 g/mol. The lowest BCUT2D eigenvalue weighted by Gasteiger charge is -2.41. The predicted octanol–water partition coefficient (Wildman–Crippen LogP) is 7.59. The van der Waals surface area contributed by atoms with Crippen molar-refractivity contribution < 1.29 is 18.0 Å². The summed E-state index contributed by atoms with van der Waals surface area (Å²) in [4.78, 5) is 39.4. The van der Waals surface area contributed by atoms with E-state index in [0.29, 0.717) is 26.2 Å². The van der Waals surface area contributed by atoms with Gasteiger partial charge in [-0.3, -0.25) is 9.59 Å². The largest absolute Gasteiger partial charge is 0.368 e. The van der Waals surface area contributed by atoms with Crippen molar-refractivity contribution in [2.75, 3.05) is 85.0 Å². The number of amides is 2. The van der Waals surface area contributed by atoms with Crippen LogP contribution in [0.2, 0.25) is 10.0 Å². The SMILES string of the molecule is C[C@H](C(=O)N1CCN(c2ccc(S(=O)(=O)Cl)cc2)CC1)N1CCCc2cc(Cl)ccc21.C[C@H](C(=O)N1CCN(c2ccccc2)CC1)N1CCCc2cc(Cl)ccc21.